The van der Waals surface area contributed by atoms with E-state index in [-0.39, 0.29) is 0 Å². The summed E-state index contributed by atoms with van der Waals surface area (Å²) in [5.74, 6) is 0.918. The van der Waals surface area contributed by atoms with Gasteiger partial charge in [0.1, 0.15) is 5.75 Å². The highest BCUT2D eigenvalue weighted by atomic mass is 16.5. The highest BCUT2D eigenvalue weighted by Crippen LogP contribution is 2.34. The van der Waals surface area contributed by atoms with Gasteiger partial charge in [0.05, 0.1) is 0 Å². The lowest BCUT2D eigenvalue weighted by molar-refractivity contribution is 0.0670. The van der Waals surface area contributed by atoms with Crippen molar-refractivity contribution >= 4 is 0 Å². The van der Waals surface area contributed by atoms with Crippen LogP contribution in [0.5, 0.6) is 5.75 Å². The van der Waals surface area contributed by atoms with Crippen molar-refractivity contribution < 1.29 is 4.74 Å². The average molecular weight is 239 g/mol. The zero-order valence-corrected chi connectivity index (χ0v) is 10.3. The van der Waals surface area contributed by atoms with Gasteiger partial charge in [-0.15, -0.1) is 0 Å². The van der Waals surface area contributed by atoms with Crippen LogP contribution in [0.2, 0.25) is 0 Å². The number of nitrogens with two attached hydrogens (primary N) is 1. The average Bonchev–Trinajstić information content (AvgIpc) is 2.59. The van der Waals surface area contributed by atoms with E-state index in [4.69, 9.17) is 10.5 Å². The fraction of sp³-hybridized carbons (Fsp3) is 0.250. The smallest absolute Gasteiger partial charge is 0.184 e. The molecule has 1 heterocycles. The number of hydrogen-bond acceptors (Lipinski definition) is 2. The number of para-hydroxylation sites is 1. The molecule has 0 spiro atoms. The van der Waals surface area contributed by atoms with E-state index in [1.807, 2.05) is 48.5 Å². The summed E-state index contributed by atoms with van der Waals surface area (Å²) in [6.45, 7) is 0. The van der Waals surface area contributed by atoms with Crippen molar-refractivity contribution in [3.05, 3.63) is 65.7 Å². The topological polar surface area (TPSA) is 35.2 Å². The summed E-state index contributed by atoms with van der Waals surface area (Å²) < 4.78 is 6.11. The lowest BCUT2D eigenvalue weighted by Crippen LogP contribution is -2.42. The summed E-state index contributed by atoms with van der Waals surface area (Å²) in [4.78, 5) is 0. The van der Waals surface area contributed by atoms with E-state index >= 15 is 0 Å². The van der Waals surface area contributed by atoms with E-state index in [2.05, 4.69) is 6.07 Å². The summed E-state index contributed by atoms with van der Waals surface area (Å²) in [6, 6.07) is 18.2. The maximum Gasteiger partial charge on any atom is 0.184 e. The number of hydrogen-bond donors (Lipinski definition) is 1. The van der Waals surface area contributed by atoms with Crippen LogP contribution in [-0.4, -0.2) is 0 Å². The van der Waals surface area contributed by atoms with Gasteiger partial charge >= 0.3 is 0 Å². The number of benzene rings is 2. The van der Waals surface area contributed by atoms with E-state index in [1.54, 1.807) is 0 Å². The first-order valence-electron chi connectivity index (χ1n) is 6.39. The Balaban J connectivity index is 2.00. The number of rotatable bonds is 1. The van der Waals surface area contributed by atoms with Crippen LogP contribution in [0.4, 0.5) is 0 Å². The fourth-order valence-electron chi connectivity index (χ4n) is 2.52. The van der Waals surface area contributed by atoms with Gasteiger partial charge < -0.3 is 4.74 Å². The van der Waals surface area contributed by atoms with Gasteiger partial charge in [-0.3, -0.25) is 5.73 Å². The van der Waals surface area contributed by atoms with Crippen molar-refractivity contribution in [3.63, 3.8) is 0 Å². The second-order valence-electron chi connectivity index (χ2n) is 4.82. The Morgan fingerprint density at radius 2 is 1.67 bits per heavy atom. The molecule has 18 heavy (non-hydrogen) atoms. The molecule has 1 aliphatic heterocycles. The van der Waals surface area contributed by atoms with Gasteiger partial charge in [0.2, 0.25) is 0 Å². The molecule has 0 saturated carbocycles. The summed E-state index contributed by atoms with van der Waals surface area (Å²) in [5, 5.41) is 0. The fourth-order valence-corrected chi connectivity index (χ4v) is 2.52. The molecule has 1 unspecified atom stereocenters. The minimum absolute atomic E-state index is 0.701. The lowest BCUT2D eigenvalue weighted by atomic mass is 9.97. The third kappa shape index (κ3) is 2.00. The lowest BCUT2D eigenvalue weighted by Gasteiger charge is -2.29. The number of fused-ring (bicyclic) bond motifs is 1. The molecule has 2 nitrogen and oxygen atoms in total. The van der Waals surface area contributed by atoms with Crippen LogP contribution in [0.15, 0.2) is 54.6 Å². The van der Waals surface area contributed by atoms with Crippen LogP contribution in [0.1, 0.15) is 24.0 Å². The van der Waals surface area contributed by atoms with Crippen LogP contribution in [0.25, 0.3) is 0 Å². The van der Waals surface area contributed by atoms with E-state index in [9.17, 15) is 0 Å². The van der Waals surface area contributed by atoms with Crippen LogP contribution in [0.3, 0.4) is 0 Å². The molecular formula is C16H17NO. The van der Waals surface area contributed by atoms with E-state index < -0.39 is 5.72 Å². The van der Waals surface area contributed by atoms with Gasteiger partial charge in [0.25, 0.3) is 0 Å². The molecule has 0 amide bonds. The molecule has 0 saturated heterocycles. The number of ether oxygens (including phenoxy) is 1. The summed E-state index contributed by atoms with van der Waals surface area (Å²) in [5.41, 5.74) is 8.07. The molecule has 1 aliphatic rings. The molecule has 92 valence electrons. The molecule has 2 aromatic carbocycles. The van der Waals surface area contributed by atoms with Crippen molar-refractivity contribution in [1.29, 1.82) is 0 Å². The van der Waals surface area contributed by atoms with Gasteiger partial charge in [-0.2, -0.15) is 0 Å². The van der Waals surface area contributed by atoms with Crippen LogP contribution in [0, 0.1) is 0 Å². The third-order valence-electron chi connectivity index (χ3n) is 3.52. The Kier molecular flexibility index (Phi) is 2.80. The molecule has 3 rings (SSSR count). The molecule has 0 aliphatic carbocycles. The van der Waals surface area contributed by atoms with Crippen LogP contribution < -0.4 is 10.5 Å². The molecule has 0 radical (unpaired) electrons. The van der Waals surface area contributed by atoms with E-state index in [1.165, 1.54) is 5.56 Å². The van der Waals surface area contributed by atoms with Gasteiger partial charge in [-0.25, -0.2) is 0 Å². The van der Waals surface area contributed by atoms with Crippen molar-refractivity contribution in [2.75, 3.05) is 0 Å². The Hall–Kier alpha value is -1.80. The first kappa shape index (κ1) is 11.3. The van der Waals surface area contributed by atoms with Crippen molar-refractivity contribution in [1.82, 2.24) is 0 Å². The molecular weight excluding hydrogens is 222 g/mol. The Labute approximate surface area is 107 Å². The Morgan fingerprint density at radius 3 is 2.50 bits per heavy atom. The van der Waals surface area contributed by atoms with Crippen molar-refractivity contribution in [3.8, 4) is 5.75 Å². The van der Waals surface area contributed by atoms with Gasteiger partial charge in [0.15, 0.2) is 5.72 Å². The Bertz CT molecular complexity index is 538. The normalized spacial score (nSPS) is 22.7. The highest BCUT2D eigenvalue weighted by molar-refractivity contribution is 5.36. The quantitative estimate of drug-likeness (QED) is 0.829. The SMILES string of the molecule is NC1(c2ccccc2)CCCc2ccccc2O1. The maximum absolute atomic E-state index is 6.47. The first-order valence-corrected chi connectivity index (χ1v) is 6.39. The maximum atomic E-state index is 6.47. The summed E-state index contributed by atoms with van der Waals surface area (Å²) in [6.07, 6.45) is 2.91. The number of aryl methyl sites for hydroxylation is 1. The summed E-state index contributed by atoms with van der Waals surface area (Å²) >= 11 is 0. The minimum Gasteiger partial charge on any atom is -0.469 e. The Morgan fingerprint density at radius 1 is 0.944 bits per heavy atom. The minimum atomic E-state index is -0.701. The molecule has 0 aromatic heterocycles. The zero-order valence-electron chi connectivity index (χ0n) is 10.3. The van der Waals surface area contributed by atoms with Crippen molar-refractivity contribution in [2.24, 2.45) is 5.73 Å². The van der Waals surface area contributed by atoms with Crippen LogP contribution >= 0.6 is 0 Å². The van der Waals surface area contributed by atoms with Crippen LogP contribution in [-0.2, 0) is 12.1 Å². The summed E-state index contributed by atoms with van der Waals surface area (Å²) in [7, 11) is 0. The molecule has 2 N–H and O–H groups in total. The van der Waals surface area contributed by atoms with E-state index in [0.717, 1.165) is 30.6 Å². The van der Waals surface area contributed by atoms with E-state index in [0.29, 0.717) is 0 Å². The second-order valence-corrected chi connectivity index (χ2v) is 4.82. The predicted octanol–water partition coefficient (Wildman–Crippen LogP) is 3.21. The molecule has 0 fully saturated rings. The highest BCUT2D eigenvalue weighted by Gasteiger charge is 2.31. The standard InChI is InChI=1S/C16H17NO/c17-16(14-9-2-1-3-10-14)12-6-8-13-7-4-5-11-15(13)18-16/h1-5,7,9-11H,6,8,12,17H2. The second kappa shape index (κ2) is 4.46. The zero-order chi connectivity index (χ0) is 12.4. The molecule has 2 aromatic rings. The van der Waals surface area contributed by atoms with Gasteiger partial charge in [0, 0.05) is 12.0 Å². The van der Waals surface area contributed by atoms with Gasteiger partial charge in [-0.1, -0.05) is 48.5 Å². The van der Waals surface area contributed by atoms with Crippen molar-refractivity contribution in [2.45, 2.75) is 25.0 Å². The van der Waals surface area contributed by atoms with Gasteiger partial charge in [-0.05, 0) is 24.5 Å². The molecule has 2 heteroatoms. The molecule has 0 bridgehead atoms. The predicted molar refractivity (Wildman–Crippen MR) is 72.3 cm³/mol. The monoisotopic (exact) mass is 239 g/mol. The first-order chi connectivity index (χ1) is 8.78. The third-order valence-corrected chi connectivity index (χ3v) is 3.52. The molecule has 1 atom stereocenters. The largest absolute Gasteiger partial charge is 0.469 e.